The molecule has 0 heterocycles. The van der Waals surface area contributed by atoms with Crippen molar-refractivity contribution in [1.29, 1.82) is 16.2 Å². The number of carbonyl (C=O) groups excluding carboxylic acids is 3. The summed E-state index contributed by atoms with van der Waals surface area (Å²) in [5, 5.41) is 31.0. The van der Waals surface area contributed by atoms with Gasteiger partial charge in [-0.1, -0.05) is 0 Å². The van der Waals surface area contributed by atoms with Gasteiger partial charge in [0.25, 0.3) is 0 Å². The van der Waals surface area contributed by atoms with Gasteiger partial charge in [0.2, 0.25) is 18.2 Å². The molecule has 0 aliphatic heterocycles. The second-order valence-corrected chi connectivity index (χ2v) is 2.46. The van der Waals surface area contributed by atoms with Crippen molar-refractivity contribution in [3.8, 4) is 0 Å². The van der Waals surface area contributed by atoms with Crippen LogP contribution in [-0.2, 0) is 28.5 Å². The number of aliphatic carboxylic acids is 2. The Labute approximate surface area is 142 Å². The molecule has 17 heteroatoms. The van der Waals surface area contributed by atoms with E-state index in [1.807, 2.05) is 0 Å². The Bertz CT molecular complexity index is 371. The molecule has 0 rings (SSSR count). The summed E-state index contributed by atoms with van der Waals surface area (Å²) in [6, 6.07) is 0. The van der Waals surface area contributed by atoms with E-state index in [-0.39, 0.29) is 34.3 Å². The van der Waals surface area contributed by atoms with Gasteiger partial charge in [-0.05, 0) is 0 Å². The zero-order chi connectivity index (χ0) is 17.8. The molecule has 0 spiro atoms. The van der Waals surface area contributed by atoms with E-state index >= 15 is 0 Å². The van der Waals surface area contributed by atoms with Crippen LogP contribution in [0.5, 0.6) is 0 Å². The third kappa shape index (κ3) is 1180. The van der Waals surface area contributed by atoms with Gasteiger partial charge in [0.1, 0.15) is 0 Å². The number of carboxylic acids is 2. The molecule has 0 radical (unpaired) electrons. The van der Waals surface area contributed by atoms with E-state index in [1.165, 1.54) is 0 Å². The zero-order valence-corrected chi connectivity index (χ0v) is 10.4. The molecular formula is C5H10FN3NaO11P. The number of phosphoric acid groups is 1. The van der Waals surface area contributed by atoms with Gasteiger partial charge in [0, 0.05) is 0 Å². The normalized spacial score (nSPS) is 5.77. The predicted octanol–water partition coefficient (Wildman–Crippen LogP) is -2.57. The van der Waals surface area contributed by atoms with Gasteiger partial charge in [-0.2, -0.15) is 0 Å². The van der Waals surface area contributed by atoms with Gasteiger partial charge in [-0.3, -0.25) is 4.70 Å². The van der Waals surface area contributed by atoms with Crippen molar-refractivity contribution in [2.24, 2.45) is 0 Å². The fourth-order valence-electron chi connectivity index (χ4n) is 0. The quantitative estimate of drug-likeness (QED) is 0.0729. The first-order chi connectivity index (χ1) is 8.89. The molecular weight excluding hydrogens is 351 g/mol. The van der Waals surface area contributed by atoms with Crippen LogP contribution in [0.2, 0.25) is 0 Å². The molecule has 0 aromatic rings. The van der Waals surface area contributed by atoms with E-state index in [9.17, 15) is 0 Å². The molecule has 14 nitrogen and oxygen atoms in total. The molecule has 0 bridgehead atoms. The van der Waals surface area contributed by atoms with Gasteiger partial charge in [0.15, 0.2) is 0 Å². The van der Waals surface area contributed by atoms with Crippen molar-refractivity contribution in [2.75, 3.05) is 0 Å². The molecule has 0 aliphatic rings. The topological polar surface area (TPSA) is 275 Å². The van der Waals surface area contributed by atoms with Crippen LogP contribution in [0.1, 0.15) is 0 Å². The van der Waals surface area contributed by atoms with Crippen molar-refractivity contribution in [3.63, 3.8) is 0 Å². The van der Waals surface area contributed by atoms with Crippen molar-refractivity contribution < 1.29 is 58.1 Å². The number of halogens is 1. The van der Waals surface area contributed by atoms with Crippen molar-refractivity contribution in [3.05, 3.63) is 0 Å². The first-order valence-electron chi connectivity index (χ1n) is 3.25. The van der Waals surface area contributed by atoms with E-state index in [1.54, 1.807) is 0 Å². The predicted molar refractivity (Wildman–Crippen MR) is 64.4 cm³/mol. The second-order valence-electron chi connectivity index (χ2n) is 1.43. The Morgan fingerprint density at radius 3 is 0.818 bits per heavy atom. The fourth-order valence-corrected chi connectivity index (χ4v) is 0. The summed E-state index contributed by atoms with van der Waals surface area (Å²) in [5.74, 6) is -3.65. The van der Waals surface area contributed by atoms with Crippen molar-refractivity contribution >= 4 is 67.6 Å². The Hall–Kier alpha value is -1.88. The van der Waals surface area contributed by atoms with Crippen molar-refractivity contribution in [2.45, 2.75) is 0 Å². The molecule has 0 atom stereocenters. The van der Waals surface area contributed by atoms with Crippen LogP contribution in [0, 0.1) is 16.2 Å². The van der Waals surface area contributed by atoms with E-state index in [4.69, 9.17) is 69.7 Å². The number of hydrogen-bond acceptors (Lipinski definition) is 9. The summed E-state index contributed by atoms with van der Waals surface area (Å²) in [4.78, 5) is 64.8. The Morgan fingerprint density at radius 1 is 0.773 bits per heavy atom. The molecule has 124 valence electrons. The number of carbonyl (C=O) groups is 2. The molecule has 0 fully saturated rings. The third-order valence-electron chi connectivity index (χ3n) is 0.183. The summed E-state index contributed by atoms with van der Waals surface area (Å²) < 4.78 is 8.88. The average molecular weight is 361 g/mol. The Kier molecular flexibility index (Phi) is 70.8. The van der Waals surface area contributed by atoms with E-state index < -0.39 is 19.8 Å². The SMILES string of the molecule is F.N=C=O.N=C=O.N=C=O.O=C(O)C(=O)O.O=P(O)(O)O.[NaH]. The minimum absolute atomic E-state index is 0. The standard InChI is InChI=1S/C2H2O4.3CHNO.FH.Na.H3O4P.H/c3-1(4)2(5)6;3*2-1-3;;;1-5(2,3)4;/h(H,3,4)(H,5,6);3*2H;1H;;(H3,1,2,3,4);. The van der Waals surface area contributed by atoms with Crippen LogP contribution >= 0.6 is 7.82 Å². The summed E-state index contributed by atoms with van der Waals surface area (Å²) >= 11 is 0. The van der Waals surface area contributed by atoms with Crippen LogP contribution in [0.25, 0.3) is 0 Å². The molecule has 0 aliphatic carbocycles. The van der Waals surface area contributed by atoms with Gasteiger partial charge < -0.3 is 24.9 Å². The van der Waals surface area contributed by atoms with Crippen LogP contribution in [-0.4, -0.2) is 84.6 Å². The molecule has 8 N–H and O–H groups in total. The Balaban J connectivity index is -0.0000000259. The van der Waals surface area contributed by atoms with E-state index in [0.717, 1.165) is 18.2 Å². The molecule has 0 aromatic heterocycles. The maximum absolute atomic E-state index is 9.10. The summed E-state index contributed by atoms with van der Waals surface area (Å²) in [7, 11) is -4.64. The molecule has 0 unspecified atom stereocenters. The van der Waals surface area contributed by atoms with Crippen LogP contribution in [0.3, 0.4) is 0 Å². The fraction of sp³-hybridized carbons (Fsp3) is 0. The summed E-state index contributed by atoms with van der Waals surface area (Å²) in [5.41, 5.74) is 0. The minimum atomic E-state index is -4.64. The molecule has 0 aromatic carbocycles. The Morgan fingerprint density at radius 2 is 0.818 bits per heavy atom. The van der Waals surface area contributed by atoms with Crippen LogP contribution < -0.4 is 0 Å². The van der Waals surface area contributed by atoms with Gasteiger partial charge in [0.05, 0.1) is 0 Å². The third-order valence-corrected chi connectivity index (χ3v) is 0.183. The molecule has 0 saturated heterocycles. The first-order valence-corrected chi connectivity index (χ1v) is 4.82. The second kappa shape index (κ2) is 36.5. The van der Waals surface area contributed by atoms with Gasteiger partial charge in [-0.25, -0.2) is 44.8 Å². The average Bonchev–Trinajstić information content (AvgIpc) is 2.18. The van der Waals surface area contributed by atoms with E-state index in [0.29, 0.717) is 0 Å². The number of isocyanates is 3. The molecule has 22 heavy (non-hydrogen) atoms. The maximum atomic E-state index is 9.10. The van der Waals surface area contributed by atoms with Crippen LogP contribution in [0.15, 0.2) is 0 Å². The number of nitrogens with one attached hydrogen (secondary N) is 3. The number of hydrogen-bond donors (Lipinski definition) is 8. The summed E-state index contributed by atoms with van der Waals surface area (Å²) in [6.45, 7) is 0. The molecule has 0 amide bonds. The number of rotatable bonds is 0. The molecule has 0 saturated carbocycles. The van der Waals surface area contributed by atoms with Gasteiger partial charge in [-0.15, -0.1) is 0 Å². The van der Waals surface area contributed by atoms with E-state index in [2.05, 4.69) is 0 Å². The number of carboxylic acid groups (broad SMARTS) is 2. The first kappa shape index (κ1) is 42.7. The monoisotopic (exact) mass is 361 g/mol. The zero-order valence-electron chi connectivity index (χ0n) is 9.54. The van der Waals surface area contributed by atoms with Crippen LogP contribution in [0.4, 0.5) is 4.70 Å². The van der Waals surface area contributed by atoms with Gasteiger partial charge >= 0.3 is 49.3 Å². The summed E-state index contributed by atoms with van der Waals surface area (Å²) in [6.07, 6.45) is 2.25. The van der Waals surface area contributed by atoms with Crippen molar-refractivity contribution in [1.82, 2.24) is 0 Å².